The number of phenolic OH excluding ortho intramolecular Hbond substituents is 1. The van der Waals surface area contributed by atoms with Gasteiger partial charge in [0.2, 0.25) is 5.91 Å². The molecule has 7 heteroatoms. The van der Waals surface area contributed by atoms with Gasteiger partial charge in [-0.1, -0.05) is 30.3 Å². The highest BCUT2D eigenvalue weighted by Crippen LogP contribution is 2.19. The van der Waals surface area contributed by atoms with Gasteiger partial charge in [-0.25, -0.2) is 4.90 Å². The number of amides is 2. The first-order chi connectivity index (χ1) is 14.5. The number of nitrogens with zero attached hydrogens (tertiary/aromatic N) is 2. The third-order valence-corrected chi connectivity index (χ3v) is 5.01. The van der Waals surface area contributed by atoms with E-state index in [1.165, 1.54) is 12.1 Å². The zero-order chi connectivity index (χ0) is 21.5. The lowest BCUT2D eigenvalue weighted by Gasteiger charge is -2.22. The molecule has 0 bridgehead atoms. The van der Waals surface area contributed by atoms with Gasteiger partial charge in [-0.3, -0.25) is 9.59 Å². The molecule has 0 radical (unpaired) electrons. The molecule has 2 amide bonds. The molecule has 154 valence electrons. The van der Waals surface area contributed by atoms with Crippen LogP contribution in [0.3, 0.4) is 0 Å². The zero-order valence-corrected chi connectivity index (χ0v) is 16.8. The first-order valence-corrected chi connectivity index (χ1v) is 9.85. The summed E-state index contributed by atoms with van der Waals surface area (Å²) in [6.07, 6.45) is 4.75. The van der Waals surface area contributed by atoms with Crippen LogP contribution in [0.15, 0.2) is 54.7 Å². The Kier molecular flexibility index (Phi) is 6.71. The number of likely N-dealkylation sites (N-methyl/N-ethyl adjacent to an activating group) is 1. The van der Waals surface area contributed by atoms with E-state index >= 15 is 0 Å². The number of aryl methyl sites for hydroxylation is 1. The predicted molar refractivity (Wildman–Crippen MR) is 113 cm³/mol. The molecule has 0 spiro atoms. The number of aromatic amines is 1. The fourth-order valence-electron chi connectivity index (χ4n) is 3.38. The minimum absolute atomic E-state index is 0.122. The number of benzene rings is 2. The smallest absolute Gasteiger partial charge is 0.258 e. The molecule has 1 heterocycles. The molecule has 0 aliphatic carbocycles. The Morgan fingerprint density at radius 2 is 1.93 bits per heavy atom. The van der Waals surface area contributed by atoms with Crippen molar-refractivity contribution in [2.24, 2.45) is 0 Å². The first-order valence-electron chi connectivity index (χ1n) is 9.85. The lowest BCUT2D eigenvalue weighted by atomic mass is 10.0. The minimum Gasteiger partial charge on any atom is -0.508 e. The van der Waals surface area contributed by atoms with Crippen LogP contribution in [0, 0.1) is 11.5 Å². The third-order valence-electron chi connectivity index (χ3n) is 5.01. The van der Waals surface area contributed by atoms with Crippen molar-refractivity contribution in [3.05, 3.63) is 65.9 Å². The van der Waals surface area contributed by atoms with Gasteiger partial charge in [0.1, 0.15) is 11.8 Å². The minimum atomic E-state index is -0.857. The number of para-hydroxylation sites is 1. The van der Waals surface area contributed by atoms with Crippen molar-refractivity contribution in [3.8, 4) is 11.9 Å². The molecular formula is C23H24N4O3. The van der Waals surface area contributed by atoms with Crippen LogP contribution in [0.1, 0.15) is 24.5 Å². The van der Waals surface area contributed by atoms with Gasteiger partial charge in [-0.05, 0) is 42.7 Å². The first kappa shape index (κ1) is 20.9. The molecule has 1 aromatic heterocycles. The van der Waals surface area contributed by atoms with Gasteiger partial charge in [0.05, 0.1) is 0 Å². The van der Waals surface area contributed by atoms with Gasteiger partial charge in [0.15, 0.2) is 6.19 Å². The summed E-state index contributed by atoms with van der Waals surface area (Å²) in [7, 11) is 0. The van der Waals surface area contributed by atoms with Gasteiger partial charge < -0.3 is 15.4 Å². The molecule has 0 saturated carbocycles. The third kappa shape index (κ3) is 4.97. The van der Waals surface area contributed by atoms with E-state index in [4.69, 9.17) is 0 Å². The van der Waals surface area contributed by atoms with Gasteiger partial charge in [0, 0.05) is 36.5 Å². The number of aromatic nitrogens is 1. The summed E-state index contributed by atoms with van der Waals surface area (Å²) < 4.78 is 0. The van der Waals surface area contributed by atoms with E-state index in [1.807, 2.05) is 36.7 Å². The molecule has 0 aliphatic heterocycles. The summed E-state index contributed by atoms with van der Waals surface area (Å²) in [5, 5.41) is 22.5. The number of nitriles is 1. The second-order valence-corrected chi connectivity index (χ2v) is 7.03. The van der Waals surface area contributed by atoms with Gasteiger partial charge in [0.25, 0.3) is 5.91 Å². The summed E-state index contributed by atoms with van der Waals surface area (Å²) in [6, 6.07) is 13.5. The Balaban J connectivity index is 1.69. The highest BCUT2D eigenvalue weighted by molar-refractivity contribution is 5.89. The Hall–Kier alpha value is -3.79. The van der Waals surface area contributed by atoms with Crippen molar-refractivity contribution in [2.45, 2.75) is 32.2 Å². The Bertz CT molecular complexity index is 1070. The van der Waals surface area contributed by atoms with Crippen molar-refractivity contribution in [3.63, 3.8) is 0 Å². The van der Waals surface area contributed by atoms with Crippen LogP contribution < -0.4 is 5.32 Å². The van der Waals surface area contributed by atoms with E-state index in [1.54, 1.807) is 19.1 Å². The number of carbonyl (C=O) groups excluding carboxylic acids is 2. The fourth-order valence-corrected chi connectivity index (χ4v) is 3.38. The van der Waals surface area contributed by atoms with E-state index in [2.05, 4.69) is 10.3 Å². The number of rotatable bonds is 8. The number of aromatic hydroxyl groups is 1. The molecule has 3 N–H and O–H groups in total. The number of phenols is 1. The molecule has 7 nitrogen and oxygen atoms in total. The molecule has 3 rings (SSSR count). The molecule has 0 fully saturated rings. The summed E-state index contributed by atoms with van der Waals surface area (Å²) in [5.74, 6) is -0.587. The molecule has 2 aromatic carbocycles. The normalized spacial score (nSPS) is 11.6. The second kappa shape index (κ2) is 9.61. The largest absolute Gasteiger partial charge is 0.508 e. The lowest BCUT2D eigenvalue weighted by molar-refractivity contribution is -0.133. The maximum atomic E-state index is 12.8. The van der Waals surface area contributed by atoms with E-state index in [0.717, 1.165) is 26.9 Å². The Morgan fingerprint density at radius 1 is 1.20 bits per heavy atom. The molecule has 1 unspecified atom stereocenters. The SMILES string of the molecule is CCN(C#N)C(=O)C(Cc1ccc(O)cc1)NC(=O)CCc1c[nH]c2ccccc12. The highest BCUT2D eigenvalue weighted by atomic mass is 16.3. The number of carbonyl (C=O) groups is 2. The van der Waals surface area contributed by atoms with Gasteiger partial charge in [-0.15, -0.1) is 0 Å². The van der Waals surface area contributed by atoms with E-state index in [0.29, 0.717) is 6.42 Å². The highest BCUT2D eigenvalue weighted by Gasteiger charge is 2.25. The Morgan fingerprint density at radius 3 is 2.63 bits per heavy atom. The van der Waals surface area contributed by atoms with Crippen LogP contribution in [0.2, 0.25) is 0 Å². The van der Waals surface area contributed by atoms with Crippen molar-refractivity contribution < 1.29 is 14.7 Å². The van der Waals surface area contributed by atoms with Crippen LogP contribution >= 0.6 is 0 Å². The summed E-state index contributed by atoms with van der Waals surface area (Å²) in [6.45, 7) is 1.93. The van der Waals surface area contributed by atoms with Gasteiger partial charge >= 0.3 is 0 Å². The standard InChI is InChI=1S/C23H24N4O3/c1-2-27(15-24)23(30)21(13-16-7-10-18(28)11-8-16)26-22(29)12-9-17-14-25-20-6-4-3-5-19(17)20/h3-8,10-11,14,21,25,28H,2,9,12-13H2,1H3,(H,26,29). The number of H-pyrrole nitrogens is 1. The van der Waals surface area contributed by atoms with Gasteiger partial charge in [-0.2, -0.15) is 5.26 Å². The van der Waals surface area contributed by atoms with Crippen molar-refractivity contribution in [2.75, 3.05) is 6.54 Å². The van der Waals surface area contributed by atoms with Crippen LogP contribution in [-0.2, 0) is 22.4 Å². The zero-order valence-electron chi connectivity index (χ0n) is 16.8. The topological polar surface area (TPSA) is 109 Å². The summed E-state index contributed by atoms with van der Waals surface area (Å²) in [4.78, 5) is 29.6. The number of hydrogen-bond acceptors (Lipinski definition) is 4. The number of fused-ring (bicyclic) bond motifs is 1. The predicted octanol–water partition coefficient (Wildman–Crippen LogP) is 2.86. The van der Waals surface area contributed by atoms with Crippen LogP contribution in [0.4, 0.5) is 0 Å². The van der Waals surface area contributed by atoms with E-state index in [-0.39, 0.29) is 31.0 Å². The lowest BCUT2D eigenvalue weighted by Crippen LogP contribution is -2.48. The van der Waals surface area contributed by atoms with Crippen molar-refractivity contribution in [1.82, 2.24) is 15.2 Å². The van der Waals surface area contributed by atoms with Crippen LogP contribution in [0.25, 0.3) is 10.9 Å². The molecule has 3 aromatic rings. The van der Waals surface area contributed by atoms with Crippen LogP contribution in [-0.4, -0.2) is 39.4 Å². The molecule has 0 saturated heterocycles. The van der Waals surface area contributed by atoms with E-state index < -0.39 is 11.9 Å². The number of hydrogen-bond donors (Lipinski definition) is 3. The maximum Gasteiger partial charge on any atom is 0.258 e. The van der Waals surface area contributed by atoms with Crippen molar-refractivity contribution in [1.29, 1.82) is 5.26 Å². The Labute approximate surface area is 174 Å². The quantitative estimate of drug-likeness (QED) is 0.396. The molecule has 30 heavy (non-hydrogen) atoms. The number of nitrogens with one attached hydrogen (secondary N) is 2. The van der Waals surface area contributed by atoms with Crippen molar-refractivity contribution >= 4 is 22.7 Å². The molecule has 0 aliphatic rings. The molecule has 1 atom stereocenters. The molecular weight excluding hydrogens is 380 g/mol. The summed E-state index contributed by atoms with van der Waals surface area (Å²) >= 11 is 0. The fraction of sp³-hybridized carbons (Fsp3) is 0.261. The average molecular weight is 404 g/mol. The monoisotopic (exact) mass is 404 g/mol. The summed E-state index contributed by atoms with van der Waals surface area (Å²) in [5.41, 5.74) is 2.83. The van der Waals surface area contributed by atoms with E-state index in [9.17, 15) is 20.0 Å². The average Bonchev–Trinajstić information content (AvgIpc) is 3.17. The van der Waals surface area contributed by atoms with Crippen LogP contribution in [0.5, 0.6) is 5.75 Å². The maximum absolute atomic E-state index is 12.8. The second-order valence-electron chi connectivity index (χ2n) is 7.03.